The van der Waals surface area contributed by atoms with Gasteiger partial charge in [-0.2, -0.15) is 0 Å². The first kappa shape index (κ1) is 23.5. The number of rotatable bonds is 9. The van der Waals surface area contributed by atoms with E-state index in [9.17, 15) is 19.2 Å². The third-order valence-corrected chi connectivity index (χ3v) is 5.77. The van der Waals surface area contributed by atoms with Crippen molar-refractivity contribution in [1.29, 1.82) is 0 Å². The van der Waals surface area contributed by atoms with E-state index in [4.69, 9.17) is 11.6 Å². The molecule has 3 rings (SSSR count). The van der Waals surface area contributed by atoms with Gasteiger partial charge in [-0.05, 0) is 30.5 Å². The number of nitrogens with zero attached hydrogens (tertiary/aromatic N) is 1. The molecule has 1 fully saturated rings. The molecule has 2 aromatic carbocycles. The Labute approximate surface area is 192 Å². The predicted octanol–water partition coefficient (Wildman–Crippen LogP) is 2.26. The average Bonchev–Trinajstić information content (AvgIpc) is 3.15. The van der Waals surface area contributed by atoms with Crippen molar-refractivity contribution in [2.24, 2.45) is 0 Å². The lowest BCUT2D eigenvalue weighted by molar-refractivity contribution is -0.141. The van der Waals surface area contributed by atoms with Gasteiger partial charge >= 0.3 is 0 Å². The van der Waals surface area contributed by atoms with Crippen LogP contribution in [0.25, 0.3) is 0 Å². The summed E-state index contributed by atoms with van der Waals surface area (Å²) in [6, 6.07) is 14.5. The van der Waals surface area contributed by atoms with Crippen molar-refractivity contribution in [2.45, 2.75) is 44.8 Å². The summed E-state index contributed by atoms with van der Waals surface area (Å²) in [7, 11) is 0. The molecule has 1 saturated heterocycles. The minimum absolute atomic E-state index is 0.153. The van der Waals surface area contributed by atoms with Gasteiger partial charge < -0.3 is 15.5 Å². The van der Waals surface area contributed by atoms with Gasteiger partial charge in [0.2, 0.25) is 17.6 Å². The van der Waals surface area contributed by atoms with E-state index in [0.717, 1.165) is 11.1 Å². The number of benzene rings is 2. The summed E-state index contributed by atoms with van der Waals surface area (Å²) < 4.78 is 0. The van der Waals surface area contributed by atoms with Gasteiger partial charge in [-0.25, -0.2) is 0 Å². The number of hydrogen-bond donors (Lipinski definition) is 2. The maximum atomic E-state index is 13.1. The van der Waals surface area contributed by atoms with Crippen LogP contribution in [-0.4, -0.2) is 47.0 Å². The zero-order valence-corrected chi connectivity index (χ0v) is 18.6. The topological polar surface area (TPSA) is 95.6 Å². The molecule has 0 aromatic heterocycles. The number of halogens is 1. The molecular weight excluding hydrogens is 430 g/mol. The van der Waals surface area contributed by atoms with Crippen LogP contribution in [-0.2, 0) is 32.1 Å². The number of ketones is 1. The van der Waals surface area contributed by atoms with Crippen LogP contribution in [0.15, 0.2) is 54.6 Å². The van der Waals surface area contributed by atoms with Gasteiger partial charge in [-0.3, -0.25) is 19.2 Å². The molecule has 0 bridgehead atoms. The second kappa shape index (κ2) is 10.9. The summed E-state index contributed by atoms with van der Waals surface area (Å²) in [5.74, 6) is -2.07. The highest BCUT2D eigenvalue weighted by atomic mass is 35.5. The van der Waals surface area contributed by atoms with E-state index in [1.54, 1.807) is 25.1 Å². The first-order valence-corrected chi connectivity index (χ1v) is 11.0. The molecule has 2 atom stereocenters. The molecule has 7 nitrogen and oxygen atoms in total. The summed E-state index contributed by atoms with van der Waals surface area (Å²) >= 11 is 6.23. The average molecular weight is 456 g/mol. The Hall–Kier alpha value is -3.19. The van der Waals surface area contributed by atoms with Gasteiger partial charge in [-0.15, -0.1) is 0 Å². The van der Waals surface area contributed by atoms with Crippen molar-refractivity contribution >= 4 is 35.1 Å². The molecule has 0 radical (unpaired) electrons. The van der Waals surface area contributed by atoms with E-state index in [-0.39, 0.29) is 25.3 Å². The Bertz CT molecular complexity index is 996. The van der Waals surface area contributed by atoms with Gasteiger partial charge in [0.25, 0.3) is 5.91 Å². The van der Waals surface area contributed by atoms with Crippen LogP contribution in [0.2, 0.25) is 5.02 Å². The highest BCUT2D eigenvalue weighted by Crippen LogP contribution is 2.25. The maximum Gasteiger partial charge on any atom is 0.289 e. The molecule has 1 aliphatic heterocycles. The minimum Gasteiger partial charge on any atom is -0.350 e. The predicted molar refractivity (Wildman–Crippen MR) is 121 cm³/mol. The van der Waals surface area contributed by atoms with Crippen LogP contribution < -0.4 is 10.6 Å². The summed E-state index contributed by atoms with van der Waals surface area (Å²) in [5, 5.41) is 5.73. The molecule has 1 unspecified atom stereocenters. The highest BCUT2D eigenvalue weighted by molar-refractivity contribution is 6.38. The first-order chi connectivity index (χ1) is 15.4. The summed E-state index contributed by atoms with van der Waals surface area (Å²) in [6.45, 7) is 2.22. The van der Waals surface area contributed by atoms with Crippen LogP contribution in [0.4, 0.5) is 0 Å². The van der Waals surface area contributed by atoms with E-state index in [2.05, 4.69) is 10.6 Å². The molecule has 0 saturated carbocycles. The molecule has 32 heavy (non-hydrogen) atoms. The number of carbonyl (C=O) groups excluding carboxylic acids is 4. The van der Waals surface area contributed by atoms with Crippen molar-refractivity contribution in [3.05, 3.63) is 70.7 Å². The summed E-state index contributed by atoms with van der Waals surface area (Å²) in [6.07, 6.45) is 0.742. The fourth-order valence-electron chi connectivity index (χ4n) is 3.75. The molecule has 2 aromatic rings. The molecule has 2 N–H and O–H groups in total. The summed E-state index contributed by atoms with van der Waals surface area (Å²) in [4.78, 5) is 52.0. The van der Waals surface area contributed by atoms with Crippen LogP contribution in [0.5, 0.6) is 0 Å². The van der Waals surface area contributed by atoms with Crippen molar-refractivity contribution in [3.8, 4) is 0 Å². The maximum absolute atomic E-state index is 13.1. The second-order valence-electron chi connectivity index (χ2n) is 7.64. The van der Waals surface area contributed by atoms with Gasteiger partial charge in [-0.1, -0.05) is 60.1 Å². The van der Waals surface area contributed by atoms with Crippen molar-refractivity contribution < 1.29 is 19.2 Å². The molecule has 1 heterocycles. The molecule has 168 valence electrons. The van der Waals surface area contributed by atoms with E-state index in [0.29, 0.717) is 18.0 Å². The Balaban J connectivity index is 1.77. The Morgan fingerprint density at radius 1 is 1.09 bits per heavy atom. The number of amides is 3. The lowest BCUT2D eigenvalue weighted by atomic mass is 10.0. The van der Waals surface area contributed by atoms with Gasteiger partial charge in [0, 0.05) is 31.0 Å². The number of hydrogen-bond acceptors (Lipinski definition) is 4. The summed E-state index contributed by atoms with van der Waals surface area (Å²) in [5.41, 5.74) is 1.55. The fraction of sp³-hybridized carbons (Fsp3) is 0.333. The Morgan fingerprint density at radius 3 is 2.47 bits per heavy atom. The number of carbonyl (C=O) groups is 4. The van der Waals surface area contributed by atoms with Crippen LogP contribution >= 0.6 is 11.6 Å². The second-order valence-corrected chi connectivity index (χ2v) is 8.05. The van der Waals surface area contributed by atoms with E-state index in [1.165, 1.54) is 4.90 Å². The van der Waals surface area contributed by atoms with Gasteiger partial charge in [0.1, 0.15) is 12.1 Å². The molecule has 0 spiro atoms. The highest BCUT2D eigenvalue weighted by Gasteiger charge is 2.38. The number of likely N-dealkylation sites (tertiary alicyclic amines) is 1. The molecular formula is C24H26ClN3O4. The monoisotopic (exact) mass is 455 g/mol. The zero-order valence-electron chi connectivity index (χ0n) is 17.8. The molecule has 1 aliphatic rings. The van der Waals surface area contributed by atoms with Crippen molar-refractivity contribution in [3.63, 3.8) is 0 Å². The third kappa shape index (κ3) is 5.73. The number of likely N-dealkylation sites (N-methyl/N-ethyl adjacent to an activating group) is 1. The quantitative estimate of drug-likeness (QED) is 0.567. The largest absolute Gasteiger partial charge is 0.350 e. The lowest BCUT2D eigenvalue weighted by Gasteiger charge is -2.26. The van der Waals surface area contributed by atoms with Crippen LogP contribution in [0, 0.1) is 0 Å². The van der Waals surface area contributed by atoms with Crippen molar-refractivity contribution in [1.82, 2.24) is 15.5 Å². The SMILES string of the molecule is CCNC(=O)C(=O)C(Cc1ccccc1)NC(=O)[C@@H]1CCC(=O)N1Cc1ccccc1Cl. The normalized spacial score (nSPS) is 16.5. The van der Waals surface area contributed by atoms with Gasteiger partial charge in [0.15, 0.2) is 0 Å². The lowest BCUT2D eigenvalue weighted by Crippen LogP contribution is -2.53. The van der Waals surface area contributed by atoms with E-state index in [1.807, 2.05) is 36.4 Å². The minimum atomic E-state index is -1.03. The molecule has 3 amide bonds. The fourth-order valence-corrected chi connectivity index (χ4v) is 3.94. The van der Waals surface area contributed by atoms with Gasteiger partial charge in [0.05, 0.1) is 0 Å². The number of Topliss-reactive ketones (excluding diaryl/α,β-unsaturated/α-hetero) is 1. The van der Waals surface area contributed by atoms with E-state index < -0.39 is 29.7 Å². The molecule has 0 aliphatic carbocycles. The Kier molecular flexibility index (Phi) is 8.00. The molecule has 8 heteroatoms. The zero-order chi connectivity index (χ0) is 23.1. The number of nitrogens with one attached hydrogen (secondary N) is 2. The Morgan fingerprint density at radius 2 is 1.78 bits per heavy atom. The van der Waals surface area contributed by atoms with E-state index >= 15 is 0 Å². The first-order valence-electron chi connectivity index (χ1n) is 10.6. The smallest absolute Gasteiger partial charge is 0.289 e. The van der Waals surface area contributed by atoms with Crippen LogP contribution in [0.1, 0.15) is 30.9 Å². The van der Waals surface area contributed by atoms with Crippen LogP contribution in [0.3, 0.4) is 0 Å². The standard InChI is InChI=1S/C24H26ClN3O4/c1-2-26-24(32)22(30)19(14-16-8-4-3-5-9-16)27-23(31)20-12-13-21(29)28(20)15-17-10-6-7-11-18(17)25/h3-11,19-20H,2,12-15H2,1H3,(H,26,32)(H,27,31)/t19?,20-/m0/s1. The third-order valence-electron chi connectivity index (χ3n) is 5.41. The van der Waals surface area contributed by atoms with Crippen molar-refractivity contribution in [2.75, 3.05) is 6.54 Å².